The second kappa shape index (κ2) is 22.8. The number of benzene rings is 2. The molecule has 0 radical (unpaired) electrons. The van der Waals surface area contributed by atoms with Crippen LogP contribution in [0.5, 0.6) is 0 Å². The number of carbonyl (C=O) groups is 3. The van der Waals surface area contributed by atoms with Crippen LogP contribution >= 0.6 is 0 Å². The number of hydrazone groups is 1. The van der Waals surface area contributed by atoms with Crippen molar-refractivity contribution in [2.75, 3.05) is 25.2 Å². The Morgan fingerprint density at radius 2 is 1.26 bits per heavy atom. The second-order valence-electron chi connectivity index (χ2n) is 12.6. The van der Waals surface area contributed by atoms with Gasteiger partial charge in [0.15, 0.2) is 5.71 Å². The van der Waals surface area contributed by atoms with E-state index < -0.39 is 11.9 Å². The minimum absolute atomic E-state index is 0.0117. The molecule has 2 aromatic carbocycles. The third-order valence-electron chi connectivity index (χ3n) is 7.78. The number of ether oxygens (including phenoxy) is 3. The summed E-state index contributed by atoms with van der Waals surface area (Å²) in [6, 6.07) is 15.8. The Labute approximate surface area is 276 Å². The zero-order chi connectivity index (χ0) is 33.6. The summed E-state index contributed by atoms with van der Waals surface area (Å²) in [5, 5.41) is 4.36. The fourth-order valence-electron chi connectivity index (χ4n) is 5.06. The smallest absolute Gasteiger partial charge is 0.359 e. The van der Waals surface area contributed by atoms with Gasteiger partial charge in [-0.3, -0.25) is 10.2 Å². The van der Waals surface area contributed by atoms with Crippen molar-refractivity contribution >= 4 is 29.3 Å². The van der Waals surface area contributed by atoms with E-state index in [9.17, 15) is 14.4 Å². The highest BCUT2D eigenvalue weighted by Gasteiger charge is 2.24. The first kappa shape index (κ1) is 38.5. The Kier molecular flexibility index (Phi) is 19.1. The van der Waals surface area contributed by atoms with Crippen LogP contribution in [0.4, 0.5) is 5.69 Å². The van der Waals surface area contributed by atoms with Crippen molar-refractivity contribution in [3.05, 3.63) is 65.7 Å². The first-order chi connectivity index (χ1) is 22.2. The third kappa shape index (κ3) is 15.5. The molecule has 2 rings (SSSR count). The van der Waals surface area contributed by atoms with Gasteiger partial charge in [-0.1, -0.05) is 123 Å². The van der Waals surface area contributed by atoms with E-state index in [2.05, 4.69) is 31.3 Å². The van der Waals surface area contributed by atoms with E-state index in [0.29, 0.717) is 29.3 Å². The zero-order valence-electron chi connectivity index (χ0n) is 28.7. The summed E-state index contributed by atoms with van der Waals surface area (Å²) in [5.74, 6) is -0.870. The largest absolute Gasteiger partial charge is 0.462 e. The van der Waals surface area contributed by atoms with Crippen LogP contribution in [-0.4, -0.2) is 43.4 Å². The van der Waals surface area contributed by atoms with Gasteiger partial charge in [0, 0.05) is 5.56 Å². The van der Waals surface area contributed by atoms with Gasteiger partial charge in [-0.15, -0.1) is 0 Å². The minimum Gasteiger partial charge on any atom is -0.462 e. The van der Waals surface area contributed by atoms with Gasteiger partial charge in [0.25, 0.3) is 0 Å². The maximum atomic E-state index is 13.0. The predicted octanol–water partition coefficient (Wildman–Crippen LogP) is 8.99. The van der Waals surface area contributed by atoms with E-state index in [1.165, 1.54) is 44.9 Å². The van der Waals surface area contributed by atoms with E-state index in [1.807, 2.05) is 44.2 Å². The molecule has 0 aliphatic carbocycles. The van der Waals surface area contributed by atoms with Crippen LogP contribution in [0.2, 0.25) is 0 Å². The summed E-state index contributed by atoms with van der Waals surface area (Å²) in [4.78, 5) is 37.9. The first-order valence-electron chi connectivity index (χ1n) is 17.2. The molecule has 0 amide bonds. The monoisotopic (exact) mass is 636 g/mol. The number of nitrogens with zero attached hydrogens (tertiary/aromatic N) is 1. The summed E-state index contributed by atoms with van der Waals surface area (Å²) >= 11 is 0. The number of anilines is 1. The standard InChI is InChI=1S/C38H56N2O6/c1-6-7-8-9-10-11-12-13-14-18-25-44-38(43)35(31-19-16-15-17-20-31)40-39-33-23-21-32(22-24-33)36(41)45-26-27-46-37(42)34(30(4)5)28-29(2)3/h15-17,19-24,29-30,34,39H,6-14,18,25-28H2,1-5H3/b40-35-. The van der Waals surface area contributed by atoms with Gasteiger partial charge < -0.3 is 14.2 Å². The highest BCUT2D eigenvalue weighted by Crippen LogP contribution is 2.22. The number of rotatable bonds is 23. The molecule has 0 saturated carbocycles. The molecular weight excluding hydrogens is 580 g/mol. The maximum absolute atomic E-state index is 13.0. The SMILES string of the molecule is CCCCCCCCCCCCOC(=O)/C(=N\Nc1ccc(C(=O)OCCOC(=O)C(CC(C)C)C(C)C)cc1)c1ccccc1. The number of esters is 3. The van der Waals surface area contributed by atoms with Crippen molar-refractivity contribution in [3.63, 3.8) is 0 Å². The Morgan fingerprint density at radius 1 is 0.674 bits per heavy atom. The van der Waals surface area contributed by atoms with Crippen LogP contribution in [0.25, 0.3) is 0 Å². The van der Waals surface area contributed by atoms with E-state index >= 15 is 0 Å². The van der Waals surface area contributed by atoms with E-state index in [0.717, 1.165) is 25.7 Å². The summed E-state index contributed by atoms with van der Waals surface area (Å²) in [6.07, 6.45) is 12.9. The Bertz CT molecular complexity index is 1180. The summed E-state index contributed by atoms with van der Waals surface area (Å²) < 4.78 is 16.2. The van der Waals surface area contributed by atoms with Crippen LogP contribution in [0, 0.1) is 17.8 Å². The number of nitrogens with one attached hydrogen (secondary N) is 1. The van der Waals surface area contributed by atoms with Gasteiger partial charge in [-0.05, 0) is 48.9 Å². The molecule has 1 unspecified atom stereocenters. The van der Waals surface area contributed by atoms with E-state index in [-0.39, 0.29) is 36.7 Å². The summed E-state index contributed by atoms with van der Waals surface area (Å²) in [6.45, 7) is 10.7. The molecule has 2 aromatic rings. The van der Waals surface area contributed by atoms with Gasteiger partial charge >= 0.3 is 17.9 Å². The number of hydrogen-bond acceptors (Lipinski definition) is 8. The molecular formula is C38H56N2O6. The first-order valence-corrected chi connectivity index (χ1v) is 17.2. The van der Waals surface area contributed by atoms with Crippen molar-refractivity contribution in [1.82, 2.24) is 0 Å². The fourth-order valence-corrected chi connectivity index (χ4v) is 5.06. The molecule has 8 nitrogen and oxygen atoms in total. The average molecular weight is 637 g/mol. The van der Waals surface area contributed by atoms with Gasteiger partial charge in [0.2, 0.25) is 0 Å². The molecule has 8 heteroatoms. The quantitative estimate of drug-likeness (QED) is 0.0427. The van der Waals surface area contributed by atoms with Crippen molar-refractivity contribution in [2.24, 2.45) is 22.9 Å². The number of carbonyl (C=O) groups excluding carboxylic acids is 3. The lowest BCUT2D eigenvalue weighted by atomic mass is 9.88. The maximum Gasteiger partial charge on any atom is 0.359 e. The molecule has 0 saturated heterocycles. The Morgan fingerprint density at radius 3 is 1.85 bits per heavy atom. The lowest BCUT2D eigenvalue weighted by Crippen LogP contribution is -2.26. The summed E-state index contributed by atoms with van der Waals surface area (Å²) in [5.41, 5.74) is 4.67. The van der Waals surface area contributed by atoms with Gasteiger partial charge in [-0.25, -0.2) is 9.59 Å². The van der Waals surface area contributed by atoms with Crippen LogP contribution in [-0.2, 0) is 23.8 Å². The fraction of sp³-hybridized carbons (Fsp3) is 0.579. The normalized spacial score (nSPS) is 12.2. The average Bonchev–Trinajstić information content (AvgIpc) is 3.05. The molecule has 0 spiro atoms. The lowest BCUT2D eigenvalue weighted by Gasteiger charge is -2.21. The molecule has 0 aliphatic heterocycles. The molecule has 1 N–H and O–H groups in total. The van der Waals surface area contributed by atoms with Crippen molar-refractivity contribution in [1.29, 1.82) is 0 Å². The molecule has 0 bridgehead atoms. The second-order valence-corrected chi connectivity index (χ2v) is 12.6. The minimum atomic E-state index is -0.519. The Balaban J connectivity index is 1.81. The van der Waals surface area contributed by atoms with Crippen LogP contribution in [0.3, 0.4) is 0 Å². The molecule has 0 fully saturated rings. The topological polar surface area (TPSA) is 103 Å². The van der Waals surface area contributed by atoms with Crippen molar-refractivity contribution < 1.29 is 28.6 Å². The number of unbranched alkanes of at least 4 members (excludes halogenated alkanes) is 9. The molecule has 0 aromatic heterocycles. The molecule has 1 atom stereocenters. The van der Waals surface area contributed by atoms with E-state index in [1.54, 1.807) is 24.3 Å². The van der Waals surface area contributed by atoms with Crippen LogP contribution in [0.1, 0.15) is 121 Å². The predicted molar refractivity (Wildman–Crippen MR) is 185 cm³/mol. The Hall–Kier alpha value is -3.68. The number of hydrogen-bond donors (Lipinski definition) is 1. The van der Waals surface area contributed by atoms with Gasteiger partial charge in [0.1, 0.15) is 13.2 Å². The van der Waals surface area contributed by atoms with E-state index in [4.69, 9.17) is 14.2 Å². The van der Waals surface area contributed by atoms with Gasteiger partial charge in [0.05, 0.1) is 23.8 Å². The molecule has 46 heavy (non-hydrogen) atoms. The lowest BCUT2D eigenvalue weighted by molar-refractivity contribution is -0.152. The highest BCUT2D eigenvalue weighted by molar-refractivity contribution is 6.43. The molecule has 0 heterocycles. The molecule has 254 valence electrons. The van der Waals surface area contributed by atoms with Gasteiger partial charge in [-0.2, -0.15) is 5.10 Å². The van der Waals surface area contributed by atoms with Crippen molar-refractivity contribution in [3.8, 4) is 0 Å². The zero-order valence-corrected chi connectivity index (χ0v) is 28.7. The van der Waals surface area contributed by atoms with Crippen LogP contribution in [0.15, 0.2) is 59.7 Å². The third-order valence-corrected chi connectivity index (χ3v) is 7.78. The molecule has 0 aliphatic rings. The van der Waals surface area contributed by atoms with Crippen LogP contribution < -0.4 is 5.43 Å². The van der Waals surface area contributed by atoms with Crippen molar-refractivity contribution in [2.45, 2.75) is 105 Å². The summed E-state index contributed by atoms with van der Waals surface area (Å²) in [7, 11) is 0. The highest BCUT2D eigenvalue weighted by atomic mass is 16.6.